The van der Waals surface area contributed by atoms with Gasteiger partial charge in [-0.05, 0) is 36.8 Å². The number of fused-ring (bicyclic) bond motifs is 1. The molecule has 0 spiro atoms. The maximum atomic E-state index is 14.3. The molecule has 0 radical (unpaired) electrons. The predicted octanol–water partition coefficient (Wildman–Crippen LogP) is 5.66. The molecular weight excluding hydrogens is 365 g/mol. The highest BCUT2D eigenvalue weighted by Crippen LogP contribution is 2.47. The van der Waals surface area contributed by atoms with Crippen LogP contribution in [0.25, 0.3) is 0 Å². The van der Waals surface area contributed by atoms with Gasteiger partial charge in [-0.2, -0.15) is 13.2 Å². The van der Waals surface area contributed by atoms with E-state index in [1.807, 2.05) is 12.1 Å². The largest absolute Gasteiger partial charge is 0.455 e. The average molecular weight is 382 g/mol. The number of aliphatic imine (C=N–C) groups is 1. The summed E-state index contributed by atoms with van der Waals surface area (Å²) < 4.78 is 48.6. The van der Waals surface area contributed by atoms with E-state index in [4.69, 9.17) is 4.74 Å². The number of aryl methyl sites for hydroxylation is 1. The molecule has 0 bridgehead atoms. The zero-order valence-electron chi connectivity index (χ0n) is 15.0. The molecule has 1 N–H and O–H groups in total. The number of anilines is 1. The van der Waals surface area contributed by atoms with E-state index in [1.54, 1.807) is 49.4 Å². The fourth-order valence-electron chi connectivity index (χ4n) is 3.14. The van der Waals surface area contributed by atoms with E-state index in [9.17, 15) is 13.2 Å². The molecule has 3 aromatic carbocycles. The van der Waals surface area contributed by atoms with E-state index in [1.165, 1.54) is 24.3 Å². The highest BCUT2D eigenvalue weighted by atomic mass is 19.4. The molecule has 0 amide bonds. The fourth-order valence-corrected chi connectivity index (χ4v) is 3.14. The second-order valence-corrected chi connectivity index (χ2v) is 6.56. The molecule has 4 rings (SSSR count). The molecule has 3 nitrogen and oxygen atoms in total. The number of para-hydroxylation sites is 1. The lowest BCUT2D eigenvalue weighted by Gasteiger charge is -2.37. The van der Waals surface area contributed by atoms with Crippen molar-refractivity contribution in [3.05, 3.63) is 95.6 Å². The fraction of sp³-hybridized carbons (Fsp3) is 0.136. The molecule has 1 atom stereocenters. The molecule has 1 aliphatic heterocycles. The van der Waals surface area contributed by atoms with Crippen molar-refractivity contribution >= 4 is 11.5 Å². The molecule has 1 aliphatic rings. The van der Waals surface area contributed by atoms with Gasteiger partial charge in [-0.15, -0.1) is 0 Å². The van der Waals surface area contributed by atoms with E-state index in [0.29, 0.717) is 11.3 Å². The maximum Gasteiger partial charge on any atom is 0.455 e. The standard InChI is InChI=1S/C22H17F3N2O/c1-15-12-13-18-19(14-15)28-21(22(23,24)25,16-8-4-2-5-9-16)27-20(18)26-17-10-6-3-7-11-17/h2-14H,1H3,(H,26,27). The van der Waals surface area contributed by atoms with E-state index in [2.05, 4.69) is 10.3 Å². The number of rotatable bonds is 2. The van der Waals surface area contributed by atoms with Crippen LogP contribution in [-0.4, -0.2) is 12.0 Å². The van der Waals surface area contributed by atoms with Gasteiger partial charge < -0.3 is 10.1 Å². The van der Waals surface area contributed by atoms with Crippen LogP contribution in [0.4, 0.5) is 18.9 Å². The molecule has 0 saturated carbocycles. The van der Waals surface area contributed by atoms with Crippen LogP contribution in [0.2, 0.25) is 0 Å². The van der Waals surface area contributed by atoms with Crippen LogP contribution >= 0.6 is 0 Å². The normalized spacial score (nSPS) is 18.6. The minimum Gasteiger partial charge on any atom is -0.452 e. The van der Waals surface area contributed by atoms with Crippen LogP contribution < -0.4 is 10.1 Å². The van der Waals surface area contributed by atoms with Crippen molar-refractivity contribution in [3.63, 3.8) is 0 Å². The molecule has 142 valence electrons. The van der Waals surface area contributed by atoms with E-state index in [0.717, 1.165) is 5.56 Å². The monoisotopic (exact) mass is 382 g/mol. The van der Waals surface area contributed by atoms with Crippen molar-refractivity contribution in [3.8, 4) is 5.75 Å². The van der Waals surface area contributed by atoms with Crippen LogP contribution in [0, 0.1) is 6.92 Å². The number of hydrogen-bond acceptors (Lipinski definition) is 3. The third kappa shape index (κ3) is 3.11. The number of nitrogens with zero attached hydrogens (tertiary/aromatic N) is 1. The lowest BCUT2D eigenvalue weighted by atomic mass is 9.99. The van der Waals surface area contributed by atoms with E-state index >= 15 is 0 Å². The van der Waals surface area contributed by atoms with Gasteiger partial charge in [0.25, 0.3) is 0 Å². The summed E-state index contributed by atoms with van der Waals surface area (Å²) in [7, 11) is 0. The Morgan fingerprint density at radius 2 is 1.54 bits per heavy atom. The van der Waals surface area contributed by atoms with Crippen molar-refractivity contribution in [2.45, 2.75) is 18.8 Å². The second kappa shape index (κ2) is 6.71. The molecule has 0 aliphatic carbocycles. The minimum absolute atomic E-state index is 0.0815. The second-order valence-electron chi connectivity index (χ2n) is 6.56. The Morgan fingerprint density at radius 1 is 0.893 bits per heavy atom. The molecule has 3 aromatic rings. The number of benzene rings is 3. The van der Waals surface area contributed by atoms with Crippen molar-refractivity contribution in [1.82, 2.24) is 0 Å². The predicted molar refractivity (Wildman–Crippen MR) is 103 cm³/mol. The van der Waals surface area contributed by atoms with Gasteiger partial charge in [-0.3, -0.25) is 0 Å². The van der Waals surface area contributed by atoms with Gasteiger partial charge in [0.15, 0.2) is 0 Å². The summed E-state index contributed by atoms with van der Waals surface area (Å²) in [5.41, 5.74) is -0.999. The van der Waals surface area contributed by atoms with Crippen LogP contribution in [0.5, 0.6) is 5.75 Å². The molecule has 0 aromatic heterocycles. The van der Waals surface area contributed by atoms with Crippen molar-refractivity contribution in [2.75, 3.05) is 5.32 Å². The zero-order chi connectivity index (χ0) is 19.8. The lowest BCUT2D eigenvalue weighted by molar-refractivity contribution is -0.252. The van der Waals surface area contributed by atoms with Crippen molar-refractivity contribution in [2.24, 2.45) is 4.99 Å². The maximum absolute atomic E-state index is 14.3. The van der Waals surface area contributed by atoms with Crippen molar-refractivity contribution < 1.29 is 17.9 Å². The lowest BCUT2D eigenvalue weighted by Crippen LogP contribution is -2.49. The summed E-state index contributed by atoms with van der Waals surface area (Å²) in [6, 6.07) is 21.6. The molecule has 0 fully saturated rings. The van der Waals surface area contributed by atoms with Crippen molar-refractivity contribution in [1.29, 1.82) is 0 Å². The van der Waals surface area contributed by atoms with Gasteiger partial charge in [-0.25, -0.2) is 4.99 Å². The SMILES string of the molecule is Cc1ccc2c(c1)OC(c1ccccc1)(C(F)(F)F)N=C2Nc1ccccc1. The molecule has 1 unspecified atom stereocenters. The van der Waals surface area contributed by atoms with E-state index < -0.39 is 11.9 Å². The minimum atomic E-state index is -4.76. The van der Waals surface area contributed by atoms with Gasteiger partial charge >= 0.3 is 11.9 Å². The van der Waals surface area contributed by atoms with Gasteiger partial charge in [-0.1, -0.05) is 54.6 Å². The van der Waals surface area contributed by atoms with Gasteiger partial charge in [0.1, 0.15) is 11.6 Å². The van der Waals surface area contributed by atoms with Gasteiger partial charge in [0, 0.05) is 11.3 Å². The first-order valence-corrected chi connectivity index (χ1v) is 8.73. The Balaban J connectivity index is 1.93. The van der Waals surface area contributed by atoms with E-state index in [-0.39, 0.29) is 17.1 Å². The van der Waals surface area contributed by atoms with Crippen LogP contribution in [-0.2, 0) is 5.72 Å². The van der Waals surface area contributed by atoms with Crippen LogP contribution in [0.3, 0.4) is 0 Å². The number of nitrogens with one attached hydrogen (secondary N) is 1. The van der Waals surface area contributed by atoms with Crippen LogP contribution in [0.15, 0.2) is 83.9 Å². The summed E-state index contributed by atoms with van der Waals surface area (Å²) in [6.07, 6.45) is -4.76. The number of ether oxygens (including phenoxy) is 1. The highest BCUT2D eigenvalue weighted by molar-refractivity contribution is 6.10. The summed E-state index contributed by atoms with van der Waals surface area (Å²) in [5, 5.41) is 3.02. The quantitative estimate of drug-likeness (QED) is 0.620. The topological polar surface area (TPSA) is 33.6 Å². The first-order chi connectivity index (χ1) is 13.4. The Morgan fingerprint density at radius 3 is 2.18 bits per heavy atom. The smallest absolute Gasteiger partial charge is 0.452 e. The summed E-state index contributed by atoms with van der Waals surface area (Å²) in [5.74, 6) is 0.239. The Bertz CT molecular complexity index is 1020. The first-order valence-electron chi connectivity index (χ1n) is 8.73. The Kier molecular flexibility index (Phi) is 4.34. The number of alkyl halides is 3. The van der Waals surface area contributed by atoms with Crippen LogP contribution in [0.1, 0.15) is 16.7 Å². The third-order valence-corrected chi connectivity index (χ3v) is 4.50. The molecule has 0 saturated heterocycles. The summed E-state index contributed by atoms with van der Waals surface area (Å²) in [6.45, 7) is 1.80. The summed E-state index contributed by atoms with van der Waals surface area (Å²) in [4.78, 5) is 4.08. The highest BCUT2D eigenvalue weighted by Gasteiger charge is 2.61. The number of halogens is 3. The summed E-state index contributed by atoms with van der Waals surface area (Å²) >= 11 is 0. The molecule has 1 heterocycles. The first kappa shape index (κ1) is 18.1. The zero-order valence-corrected chi connectivity index (χ0v) is 15.0. The average Bonchev–Trinajstić information content (AvgIpc) is 2.68. The Hall–Kier alpha value is -3.28. The Labute approximate surface area is 160 Å². The number of amidine groups is 1. The molecule has 28 heavy (non-hydrogen) atoms. The van der Waals surface area contributed by atoms with Gasteiger partial charge in [0.2, 0.25) is 0 Å². The van der Waals surface area contributed by atoms with Gasteiger partial charge in [0.05, 0.1) is 5.56 Å². The third-order valence-electron chi connectivity index (χ3n) is 4.50. The molecule has 6 heteroatoms. The molecular formula is C22H17F3N2O. The number of hydrogen-bond donors (Lipinski definition) is 1.